The molecule has 2 fully saturated rings. The normalized spacial score (nSPS) is 20.4. The number of nitrogens with zero attached hydrogens (tertiary/aromatic N) is 1. The van der Waals surface area contributed by atoms with Crippen molar-refractivity contribution in [3.05, 3.63) is 23.0 Å². The molecular formula is C15H19ClN2O3. The van der Waals surface area contributed by atoms with Gasteiger partial charge in [0.15, 0.2) is 0 Å². The number of carbonyl (C=O) groups excluding carboxylic acids is 1. The van der Waals surface area contributed by atoms with Crippen LogP contribution in [-0.2, 0) is 4.79 Å². The summed E-state index contributed by atoms with van der Waals surface area (Å²) in [6.07, 6.45) is 6.98. The predicted octanol–water partition coefficient (Wildman–Crippen LogP) is 2.85. The molecule has 1 aromatic rings. The third kappa shape index (κ3) is 2.79. The average Bonchev–Trinajstić information content (AvgIpc) is 3.04. The molecular weight excluding hydrogens is 292 g/mol. The van der Waals surface area contributed by atoms with Crippen molar-refractivity contribution in [1.29, 1.82) is 0 Å². The monoisotopic (exact) mass is 310 g/mol. The summed E-state index contributed by atoms with van der Waals surface area (Å²) in [5, 5.41) is 12.8. The first-order valence-corrected chi connectivity index (χ1v) is 7.79. The Morgan fingerprint density at radius 1 is 1.38 bits per heavy atom. The van der Waals surface area contributed by atoms with Crippen LogP contribution in [0.15, 0.2) is 12.3 Å². The number of carbonyl (C=O) groups is 2. The van der Waals surface area contributed by atoms with Gasteiger partial charge in [0, 0.05) is 18.8 Å². The molecule has 3 rings (SSSR count). The number of amides is 1. The third-order valence-electron chi connectivity index (χ3n) is 4.59. The van der Waals surface area contributed by atoms with Crippen LogP contribution in [0.5, 0.6) is 0 Å². The van der Waals surface area contributed by atoms with E-state index in [9.17, 15) is 14.7 Å². The molecule has 114 valence electrons. The van der Waals surface area contributed by atoms with E-state index in [2.05, 4.69) is 5.32 Å². The topological polar surface area (TPSA) is 71.3 Å². The summed E-state index contributed by atoms with van der Waals surface area (Å²) in [5.41, 5.74) is -0.266. The zero-order valence-electron chi connectivity index (χ0n) is 11.8. The van der Waals surface area contributed by atoms with Crippen molar-refractivity contribution in [2.24, 2.45) is 5.41 Å². The fourth-order valence-electron chi connectivity index (χ4n) is 3.14. The quantitative estimate of drug-likeness (QED) is 0.878. The van der Waals surface area contributed by atoms with Crippen molar-refractivity contribution < 1.29 is 14.7 Å². The molecule has 0 spiro atoms. The van der Waals surface area contributed by atoms with E-state index in [0.29, 0.717) is 29.6 Å². The molecule has 2 aliphatic rings. The van der Waals surface area contributed by atoms with Crippen molar-refractivity contribution in [2.45, 2.75) is 44.6 Å². The highest BCUT2D eigenvalue weighted by Gasteiger charge is 2.41. The van der Waals surface area contributed by atoms with Gasteiger partial charge in [-0.3, -0.25) is 9.59 Å². The summed E-state index contributed by atoms with van der Waals surface area (Å²) in [4.78, 5) is 23.8. The van der Waals surface area contributed by atoms with Crippen molar-refractivity contribution in [1.82, 2.24) is 9.88 Å². The lowest BCUT2D eigenvalue weighted by Gasteiger charge is -2.24. The van der Waals surface area contributed by atoms with E-state index in [1.165, 1.54) is 0 Å². The number of hydrogen-bond donors (Lipinski definition) is 2. The molecule has 0 radical (unpaired) electrons. The van der Waals surface area contributed by atoms with Gasteiger partial charge in [0.1, 0.15) is 5.69 Å². The molecule has 0 aliphatic heterocycles. The molecule has 5 nitrogen and oxygen atoms in total. The zero-order valence-corrected chi connectivity index (χ0v) is 12.5. The minimum atomic E-state index is -0.809. The van der Waals surface area contributed by atoms with Gasteiger partial charge >= 0.3 is 5.97 Å². The first-order chi connectivity index (χ1) is 10.0. The first-order valence-electron chi connectivity index (χ1n) is 7.41. The second kappa shape index (κ2) is 5.37. The van der Waals surface area contributed by atoms with Crippen LogP contribution in [0.2, 0.25) is 5.02 Å². The summed E-state index contributed by atoms with van der Waals surface area (Å²) < 4.78 is 1.90. The summed E-state index contributed by atoms with van der Waals surface area (Å²) in [6, 6.07) is 2.01. The minimum absolute atomic E-state index is 0.189. The molecule has 0 saturated heterocycles. The SMILES string of the molecule is O=C(NCC1(C(=O)O)CCCC1)c1cc(Cl)cn1C1CC1. The Hall–Kier alpha value is -1.49. The zero-order chi connectivity index (χ0) is 15.0. The Morgan fingerprint density at radius 3 is 2.62 bits per heavy atom. The van der Waals surface area contributed by atoms with Crippen LogP contribution in [0.1, 0.15) is 55.1 Å². The lowest BCUT2D eigenvalue weighted by atomic mass is 9.86. The van der Waals surface area contributed by atoms with Crippen LogP contribution in [-0.4, -0.2) is 28.1 Å². The highest BCUT2D eigenvalue weighted by atomic mass is 35.5. The molecule has 1 heterocycles. The number of aliphatic carboxylic acids is 1. The van der Waals surface area contributed by atoms with Gasteiger partial charge < -0.3 is 15.0 Å². The number of halogens is 1. The summed E-state index contributed by atoms with van der Waals surface area (Å²) in [5.74, 6) is -1.04. The molecule has 0 aromatic carbocycles. The van der Waals surface area contributed by atoms with Gasteiger partial charge in [-0.25, -0.2) is 0 Å². The van der Waals surface area contributed by atoms with Crippen molar-refractivity contribution in [3.63, 3.8) is 0 Å². The summed E-state index contributed by atoms with van der Waals surface area (Å²) >= 11 is 5.99. The molecule has 2 saturated carbocycles. The van der Waals surface area contributed by atoms with Crippen LogP contribution < -0.4 is 5.32 Å². The van der Waals surface area contributed by atoms with Crippen molar-refractivity contribution in [2.75, 3.05) is 6.54 Å². The predicted molar refractivity (Wildman–Crippen MR) is 78.6 cm³/mol. The van der Waals surface area contributed by atoms with E-state index < -0.39 is 11.4 Å². The number of carboxylic acid groups (broad SMARTS) is 1. The van der Waals surface area contributed by atoms with Gasteiger partial charge in [0.25, 0.3) is 5.91 Å². The minimum Gasteiger partial charge on any atom is -0.481 e. The van der Waals surface area contributed by atoms with Gasteiger partial charge in [-0.15, -0.1) is 0 Å². The van der Waals surface area contributed by atoms with E-state index in [-0.39, 0.29) is 12.5 Å². The van der Waals surface area contributed by atoms with E-state index in [1.807, 2.05) is 4.57 Å². The van der Waals surface area contributed by atoms with Crippen LogP contribution in [0, 0.1) is 5.41 Å². The summed E-state index contributed by atoms with van der Waals surface area (Å²) in [6.45, 7) is 0.189. The Bertz CT molecular complexity index is 571. The molecule has 0 bridgehead atoms. The number of aromatic nitrogens is 1. The van der Waals surface area contributed by atoms with E-state index in [1.54, 1.807) is 12.3 Å². The maximum Gasteiger partial charge on any atom is 0.311 e. The molecule has 0 atom stereocenters. The van der Waals surface area contributed by atoms with Gasteiger partial charge in [0.2, 0.25) is 0 Å². The van der Waals surface area contributed by atoms with E-state index in [4.69, 9.17) is 11.6 Å². The van der Waals surface area contributed by atoms with Crippen LogP contribution >= 0.6 is 11.6 Å². The molecule has 2 N–H and O–H groups in total. The van der Waals surface area contributed by atoms with Crippen molar-refractivity contribution in [3.8, 4) is 0 Å². The van der Waals surface area contributed by atoms with E-state index in [0.717, 1.165) is 25.7 Å². The molecule has 6 heteroatoms. The first kappa shape index (κ1) is 14.4. The molecule has 2 aliphatic carbocycles. The van der Waals surface area contributed by atoms with Gasteiger partial charge in [-0.1, -0.05) is 24.4 Å². The second-order valence-corrected chi connectivity index (χ2v) is 6.59. The van der Waals surface area contributed by atoms with Gasteiger partial charge in [-0.2, -0.15) is 0 Å². The molecule has 1 amide bonds. The number of hydrogen-bond acceptors (Lipinski definition) is 2. The fraction of sp³-hybridized carbons (Fsp3) is 0.600. The molecule has 1 aromatic heterocycles. The van der Waals surface area contributed by atoms with E-state index >= 15 is 0 Å². The standard InChI is InChI=1S/C15H19ClN2O3/c16-10-7-12(18(8-10)11-3-4-11)13(19)17-9-15(14(20)21)5-1-2-6-15/h7-8,11H,1-6,9H2,(H,17,19)(H,20,21). The maximum absolute atomic E-state index is 12.3. The Morgan fingerprint density at radius 2 is 2.05 bits per heavy atom. The average molecular weight is 311 g/mol. The van der Waals surface area contributed by atoms with Crippen LogP contribution in [0.3, 0.4) is 0 Å². The number of rotatable bonds is 5. The highest BCUT2D eigenvalue weighted by molar-refractivity contribution is 6.31. The van der Waals surface area contributed by atoms with Crippen LogP contribution in [0.4, 0.5) is 0 Å². The highest BCUT2D eigenvalue weighted by Crippen LogP contribution is 2.39. The largest absolute Gasteiger partial charge is 0.481 e. The fourth-order valence-corrected chi connectivity index (χ4v) is 3.35. The second-order valence-electron chi connectivity index (χ2n) is 6.16. The Balaban J connectivity index is 1.70. The summed E-state index contributed by atoms with van der Waals surface area (Å²) in [7, 11) is 0. The van der Waals surface area contributed by atoms with Crippen LogP contribution in [0.25, 0.3) is 0 Å². The van der Waals surface area contributed by atoms with Gasteiger partial charge in [0.05, 0.1) is 10.4 Å². The molecule has 21 heavy (non-hydrogen) atoms. The van der Waals surface area contributed by atoms with Gasteiger partial charge in [-0.05, 0) is 31.7 Å². The number of carboxylic acids is 1. The lowest BCUT2D eigenvalue weighted by molar-refractivity contribution is -0.148. The number of nitrogens with one attached hydrogen (secondary N) is 1. The van der Waals surface area contributed by atoms with Crippen molar-refractivity contribution >= 4 is 23.5 Å². The Kier molecular flexibility index (Phi) is 3.69. The maximum atomic E-state index is 12.3. The molecule has 0 unspecified atom stereocenters. The Labute approximate surface area is 128 Å². The smallest absolute Gasteiger partial charge is 0.311 e. The lowest BCUT2D eigenvalue weighted by Crippen LogP contribution is -2.41. The third-order valence-corrected chi connectivity index (χ3v) is 4.80.